The number of hydrogen-bond acceptors (Lipinski definition) is 4. The Bertz CT molecular complexity index is 4150. The summed E-state index contributed by atoms with van der Waals surface area (Å²) >= 11 is 3.75. The largest absolute Gasteiger partial charge is 0.455 e. The summed E-state index contributed by atoms with van der Waals surface area (Å²) in [5.41, 5.74) is 13.4. The number of anilines is 3. The van der Waals surface area contributed by atoms with Gasteiger partial charge < -0.3 is 13.9 Å². The summed E-state index contributed by atoms with van der Waals surface area (Å²) < 4.78 is 14.0. The van der Waals surface area contributed by atoms with Crippen molar-refractivity contribution in [1.82, 2.24) is 4.57 Å². The lowest BCUT2D eigenvalue weighted by Gasteiger charge is -2.28. The maximum absolute atomic E-state index is 6.52. The molecule has 0 spiro atoms. The highest BCUT2D eigenvalue weighted by Crippen LogP contribution is 2.51. The number of hydrogen-bond donors (Lipinski definition) is 0. The average molecular weight is 865 g/mol. The van der Waals surface area contributed by atoms with Crippen molar-refractivity contribution in [3.05, 3.63) is 218 Å². The number of thiophene rings is 2. The Kier molecular flexibility index (Phi) is 8.02. The molecule has 304 valence electrons. The Morgan fingerprint density at radius 2 is 1.00 bits per heavy atom. The van der Waals surface area contributed by atoms with E-state index in [1.54, 1.807) is 0 Å². The molecule has 4 aromatic heterocycles. The van der Waals surface area contributed by atoms with Crippen LogP contribution in [-0.4, -0.2) is 4.57 Å². The number of para-hydroxylation sites is 4. The molecule has 0 radical (unpaired) electrons. The maximum atomic E-state index is 6.52. The molecule has 10 aromatic carbocycles. The molecule has 0 amide bonds. The first-order valence-electron chi connectivity index (χ1n) is 22.0. The van der Waals surface area contributed by atoms with Crippen LogP contribution in [0.15, 0.2) is 223 Å². The van der Waals surface area contributed by atoms with Crippen LogP contribution in [-0.2, 0) is 0 Å². The van der Waals surface area contributed by atoms with Crippen molar-refractivity contribution < 1.29 is 4.42 Å². The molecular weight excluding hydrogens is 829 g/mol. The first kappa shape index (κ1) is 36.5. The van der Waals surface area contributed by atoms with Crippen LogP contribution in [0.4, 0.5) is 17.1 Å². The molecule has 3 nitrogen and oxygen atoms in total. The van der Waals surface area contributed by atoms with E-state index >= 15 is 0 Å². The highest BCUT2D eigenvalue weighted by atomic mass is 32.1. The maximum Gasteiger partial charge on any atom is 0.143 e. The molecule has 0 aliphatic heterocycles. The van der Waals surface area contributed by atoms with E-state index in [-0.39, 0.29) is 0 Å². The topological polar surface area (TPSA) is 21.3 Å². The third kappa shape index (κ3) is 5.53. The average Bonchev–Trinajstić information content (AvgIpc) is 4.14. The van der Waals surface area contributed by atoms with Gasteiger partial charge in [-0.2, -0.15) is 0 Å². The number of aromatic nitrogens is 1. The lowest BCUT2D eigenvalue weighted by Crippen LogP contribution is -2.10. The number of rotatable bonds is 6. The van der Waals surface area contributed by atoms with Gasteiger partial charge in [-0.05, 0) is 83.4 Å². The summed E-state index contributed by atoms with van der Waals surface area (Å²) in [6.07, 6.45) is 0. The van der Waals surface area contributed by atoms with Gasteiger partial charge in [-0.1, -0.05) is 152 Å². The van der Waals surface area contributed by atoms with Crippen LogP contribution in [0.25, 0.3) is 112 Å². The number of fused-ring (bicyclic) bond motifs is 12. The summed E-state index contributed by atoms with van der Waals surface area (Å²) in [6, 6.07) is 79.6. The lowest BCUT2D eigenvalue weighted by atomic mass is 9.99. The molecule has 65 heavy (non-hydrogen) atoms. The van der Waals surface area contributed by atoms with Gasteiger partial charge in [-0.25, -0.2) is 0 Å². The van der Waals surface area contributed by atoms with Gasteiger partial charge >= 0.3 is 0 Å². The van der Waals surface area contributed by atoms with E-state index in [2.05, 4.69) is 222 Å². The van der Waals surface area contributed by atoms with Gasteiger partial charge in [0.15, 0.2) is 0 Å². The smallest absolute Gasteiger partial charge is 0.143 e. The minimum absolute atomic E-state index is 0.906. The molecule has 14 rings (SSSR count). The van der Waals surface area contributed by atoms with Gasteiger partial charge in [0, 0.05) is 74.1 Å². The van der Waals surface area contributed by atoms with Crippen molar-refractivity contribution in [3.8, 4) is 27.9 Å². The zero-order chi connectivity index (χ0) is 42.6. The zero-order valence-electron chi connectivity index (χ0n) is 34.9. The lowest BCUT2D eigenvalue weighted by molar-refractivity contribution is 0.670. The summed E-state index contributed by atoms with van der Waals surface area (Å²) in [5, 5.41) is 9.85. The Morgan fingerprint density at radius 3 is 1.80 bits per heavy atom. The van der Waals surface area contributed by atoms with Crippen molar-refractivity contribution in [2.24, 2.45) is 0 Å². The van der Waals surface area contributed by atoms with Crippen molar-refractivity contribution in [1.29, 1.82) is 0 Å². The van der Waals surface area contributed by atoms with E-state index in [0.717, 1.165) is 55.8 Å². The fourth-order valence-electron chi connectivity index (χ4n) is 10.3. The van der Waals surface area contributed by atoms with E-state index in [1.165, 1.54) is 73.3 Å². The zero-order valence-corrected chi connectivity index (χ0v) is 36.5. The molecular formula is C60H36N2OS2. The molecule has 0 unspecified atom stereocenters. The Morgan fingerprint density at radius 1 is 0.385 bits per heavy atom. The van der Waals surface area contributed by atoms with Crippen molar-refractivity contribution >= 4 is 124 Å². The molecule has 0 saturated carbocycles. The highest BCUT2D eigenvalue weighted by molar-refractivity contribution is 7.27. The Hall–Kier alpha value is -7.96. The van der Waals surface area contributed by atoms with Gasteiger partial charge in [0.25, 0.3) is 0 Å². The van der Waals surface area contributed by atoms with Gasteiger partial charge in [-0.3, -0.25) is 0 Å². The van der Waals surface area contributed by atoms with E-state index in [4.69, 9.17) is 4.42 Å². The second-order valence-corrected chi connectivity index (χ2v) is 18.9. The molecule has 0 aliphatic carbocycles. The second kappa shape index (κ2) is 14.3. The van der Waals surface area contributed by atoms with Crippen LogP contribution >= 0.6 is 22.7 Å². The Labute approximate surface area is 381 Å². The first-order valence-corrected chi connectivity index (χ1v) is 23.6. The molecule has 0 fully saturated rings. The molecule has 0 atom stereocenters. The summed E-state index contributed by atoms with van der Waals surface area (Å²) in [6.45, 7) is 0. The minimum Gasteiger partial charge on any atom is -0.455 e. The Balaban J connectivity index is 0.990. The number of nitrogens with zero attached hydrogens (tertiary/aromatic N) is 2. The van der Waals surface area contributed by atoms with Crippen LogP contribution < -0.4 is 4.90 Å². The van der Waals surface area contributed by atoms with E-state index in [1.807, 2.05) is 28.7 Å². The van der Waals surface area contributed by atoms with Crippen LogP contribution in [0.1, 0.15) is 0 Å². The second-order valence-electron chi connectivity index (χ2n) is 16.8. The predicted octanol–water partition coefficient (Wildman–Crippen LogP) is 18.2. The standard InChI is InChI=1S/C60H36N2OS2/c1-6-24-50-43(16-1)44-17-2-7-25-51(44)62(50)40-15-11-14-38(36-40)42-34-35-52(57-49-20-5-10-29-56(49)65-60(42)57)61(53-26-13-23-48-46-19-4-9-28-55(46)64-59(48)53)39-32-30-37(31-33-39)41-21-12-22-47-45-18-3-8-27-54(45)63-58(41)47/h1-36H. The quantitative estimate of drug-likeness (QED) is 0.166. The molecule has 0 bridgehead atoms. The van der Waals surface area contributed by atoms with Crippen LogP contribution in [0, 0.1) is 0 Å². The predicted molar refractivity (Wildman–Crippen MR) is 279 cm³/mol. The molecule has 5 heteroatoms. The highest BCUT2D eigenvalue weighted by Gasteiger charge is 2.24. The van der Waals surface area contributed by atoms with Crippen molar-refractivity contribution in [2.45, 2.75) is 0 Å². The molecule has 0 aliphatic rings. The fourth-order valence-corrected chi connectivity index (χ4v) is 12.8. The minimum atomic E-state index is 0.906. The molecule has 4 heterocycles. The monoisotopic (exact) mass is 864 g/mol. The van der Waals surface area contributed by atoms with Crippen LogP contribution in [0.3, 0.4) is 0 Å². The van der Waals surface area contributed by atoms with E-state index in [0.29, 0.717) is 0 Å². The van der Waals surface area contributed by atoms with E-state index < -0.39 is 0 Å². The van der Waals surface area contributed by atoms with Gasteiger partial charge in [0.1, 0.15) is 11.2 Å². The molecule has 0 saturated heterocycles. The van der Waals surface area contributed by atoms with Gasteiger partial charge in [0.05, 0.1) is 27.1 Å². The van der Waals surface area contributed by atoms with Gasteiger partial charge in [-0.15, -0.1) is 22.7 Å². The summed E-state index contributed by atoms with van der Waals surface area (Å²) in [5.74, 6) is 0. The third-order valence-electron chi connectivity index (χ3n) is 13.2. The number of benzene rings is 10. The van der Waals surface area contributed by atoms with Crippen molar-refractivity contribution in [3.63, 3.8) is 0 Å². The third-order valence-corrected chi connectivity index (χ3v) is 15.6. The SMILES string of the molecule is c1cc(-c2ccc(N(c3ccc(-c4cccc5c4oc4ccccc45)cc3)c3cccc4c3sc3ccccc34)c3c2sc2ccccc23)cc(-n2c3ccccc3c3ccccc32)c1. The van der Waals surface area contributed by atoms with Crippen LogP contribution in [0.2, 0.25) is 0 Å². The summed E-state index contributed by atoms with van der Waals surface area (Å²) in [4.78, 5) is 2.50. The first-order chi connectivity index (χ1) is 32.2. The fraction of sp³-hybridized carbons (Fsp3) is 0. The van der Waals surface area contributed by atoms with Crippen LogP contribution in [0.5, 0.6) is 0 Å². The van der Waals surface area contributed by atoms with Gasteiger partial charge in [0.2, 0.25) is 0 Å². The van der Waals surface area contributed by atoms with Crippen molar-refractivity contribution in [2.75, 3.05) is 4.90 Å². The summed E-state index contributed by atoms with van der Waals surface area (Å²) in [7, 11) is 0. The number of furan rings is 1. The molecule has 14 aromatic rings. The normalized spacial score (nSPS) is 12.0. The van der Waals surface area contributed by atoms with E-state index in [9.17, 15) is 0 Å². The molecule has 0 N–H and O–H groups in total.